The maximum atomic E-state index is 14.0. The Labute approximate surface area is 159 Å². The molecule has 1 aliphatic heterocycles. The SMILES string of the molecule is CC1=C(CC(=O)O)C2=CC(=O)C(F)CC2N1C(=O)c1ccc(OC(F)(F)F)s1. The van der Waals surface area contributed by atoms with Crippen LogP contribution in [0.5, 0.6) is 5.06 Å². The number of nitrogens with zero attached hydrogens (tertiary/aromatic N) is 1. The number of halogens is 4. The average Bonchev–Trinajstić information content (AvgIpc) is 3.10. The van der Waals surface area contributed by atoms with Crippen molar-refractivity contribution in [2.45, 2.75) is 38.3 Å². The van der Waals surface area contributed by atoms with Crippen LogP contribution in [-0.4, -0.2) is 46.2 Å². The number of carbonyl (C=O) groups is 3. The minimum absolute atomic E-state index is 0.0955. The molecule has 1 amide bonds. The van der Waals surface area contributed by atoms with E-state index in [-0.39, 0.29) is 28.1 Å². The summed E-state index contributed by atoms with van der Waals surface area (Å²) in [5.41, 5.74) is 0.683. The number of amides is 1. The number of rotatable bonds is 4. The zero-order chi connectivity index (χ0) is 20.8. The molecule has 150 valence electrons. The molecule has 0 fully saturated rings. The van der Waals surface area contributed by atoms with Crippen LogP contribution in [0.15, 0.2) is 35.1 Å². The van der Waals surface area contributed by atoms with Gasteiger partial charge >= 0.3 is 12.3 Å². The number of ketones is 1. The normalized spacial score (nSPS) is 22.2. The zero-order valence-electron chi connectivity index (χ0n) is 14.2. The topological polar surface area (TPSA) is 83.9 Å². The summed E-state index contributed by atoms with van der Waals surface area (Å²) in [6, 6.07) is 1.22. The number of aliphatic carboxylic acids is 1. The lowest BCUT2D eigenvalue weighted by Crippen LogP contribution is -2.40. The molecular formula is C17H13F4NO5S. The van der Waals surface area contributed by atoms with E-state index in [4.69, 9.17) is 5.11 Å². The van der Waals surface area contributed by atoms with Gasteiger partial charge in [0.1, 0.15) is 0 Å². The quantitative estimate of drug-likeness (QED) is 0.756. The molecule has 2 unspecified atom stereocenters. The molecule has 2 heterocycles. The molecule has 3 rings (SSSR count). The number of fused-ring (bicyclic) bond motifs is 1. The minimum Gasteiger partial charge on any atom is -0.481 e. The number of ether oxygens (including phenoxy) is 1. The first kappa shape index (κ1) is 20.1. The van der Waals surface area contributed by atoms with E-state index in [2.05, 4.69) is 4.74 Å². The third kappa shape index (κ3) is 3.79. The highest BCUT2D eigenvalue weighted by molar-refractivity contribution is 7.15. The van der Waals surface area contributed by atoms with Gasteiger partial charge in [-0.2, -0.15) is 0 Å². The summed E-state index contributed by atoms with van der Waals surface area (Å²) < 4.78 is 54.7. The number of thiophene rings is 1. The molecule has 11 heteroatoms. The van der Waals surface area contributed by atoms with Crippen molar-refractivity contribution in [1.29, 1.82) is 0 Å². The number of allylic oxidation sites excluding steroid dienone is 2. The lowest BCUT2D eigenvalue weighted by molar-refractivity contribution is -0.273. The first-order chi connectivity index (χ1) is 13.0. The summed E-state index contributed by atoms with van der Waals surface area (Å²) in [5, 5.41) is 8.57. The smallest absolute Gasteiger partial charge is 0.481 e. The van der Waals surface area contributed by atoms with Crippen molar-refractivity contribution in [3.8, 4) is 5.06 Å². The Balaban J connectivity index is 1.96. The van der Waals surface area contributed by atoms with Crippen LogP contribution in [0.1, 0.15) is 29.4 Å². The standard InChI is InChI=1S/C17H13F4NO5S/c1-7-8(5-14(24)25)9-4-12(23)10(18)6-11(9)22(7)16(26)13-2-3-15(28-13)27-17(19,20)21/h2-4,10-11H,5-6H2,1H3,(H,24,25). The predicted molar refractivity (Wildman–Crippen MR) is 88.5 cm³/mol. The highest BCUT2D eigenvalue weighted by Gasteiger charge is 2.44. The molecule has 0 aromatic carbocycles. The molecule has 2 aliphatic rings. The molecule has 0 saturated heterocycles. The van der Waals surface area contributed by atoms with Crippen molar-refractivity contribution in [3.63, 3.8) is 0 Å². The summed E-state index contributed by atoms with van der Waals surface area (Å²) in [5.74, 6) is -2.74. The van der Waals surface area contributed by atoms with E-state index < -0.39 is 47.7 Å². The summed E-state index contributed by atoms with van der Waals surface area (Å²) in [4.78, 5) is 36.8. The van der Waals surface area contributed by atoms with Gasteiger partial charge < -0.3 is 14.7 Å². The summed E-state index contributed by atoms with van der Waals surface area (Å²) in [7, 11) is 0. The maximum absolute atomic E-state index is 14.0. The van der Waals surface area contributed by atoms with Crippen LogP contribution in [0, 0.1) is 0 Å². The Morgan fingerprint density at radius 2 is 2.04 bits per heavy atom. The Bertz CT molecular complexity index is 917. The molecule has 0 bridgehead atoms. The van der Waals surface area contributed by atoms with Gasteiger partial charge in [-0.05, 0) is 36.3 Å². The number of alkyl halides is 4. The van der Waals surface area contributed by atoms with E-state index in [0.29, 0.717) is 11.3 Å². The Hall–Kier alpha value is -2.69. The van der Waals surface area contributed by atoms with Crippen molar-refractivity contribution < 1.29 is 41.8 Å². The largest absolute Gasteiger partial charge is 0.573 e. The fourth-order valence-electron chi connectivity index (χ4n) is 3.30. The number of carboxylic acids is 1. The molecule has 6 nitrogen and oxygen atoms in total. The third-order valence-electron chi connectivity index (χ3n) is 4.41. The molecule has 1 aromatic rings. The van der Waals surface area contributed by atoms with Crippen LogP contribution in [0.25, 0.3) is 0 Å². The van der Waals surface area contributed by atoms with Crippen molar-refractivity contribution in [3.05, 3.63) is 39.9 Å². The molecule has 28 heavy (non-hydrogen) atoms. The van der Waals surface area contributed by atoms with E-state index in [1.807, 2.05) is 0 Å². The van der Waals surface area contributed by atoms with Gasteiger partial charge in [0.05, 0.1) is 17.3 Å². The van der Waals surface area contributed by atoms with Gasteiger partial charge in [0.2, 0.25) is 0 Å². The van der Waals surface area contributed by atoms with E-state index in [1.54, 1.807) is 0 Å². The van der Waals surface area contributed by atoms with Gasteiger partial charge in [-0.15, -0.1) is 13.2 Å². The second-order valence-corrected chi connectivity index (χ2v) is 7.24. The molecule has 0 saturated carbocycles. The van der Waals surface area contributed by atoms with E-state index in [0.717, 1.165) is 23.1 Å². The van der Waals surface area contributed by atoms with Crippen molar-refractivity contribution >= 4 is 29.0 Å². The van der Waals surface area contributed by atoms with Crippen LogP contribution in [0.2, 0.25) is 0 Å². The van der Waals surface area contributed by atoms with Crippen LogP contribution >= 0.6 is 11.3 Å². The van der Waals surface area contributed by atoms with Crippen LogP contribution in [-0.2, 0) is 9.59 Å². The molecule has 2 atom stereocenters. The van der Waals surface area contributed by atoms with Crippen molar-refractivity contribution in [2.24, 2.45) is 0 Å². The van der Waals surface area contributed by atoms with Gasteiger partial charge in [-0.25, -0.2) is 4.39 Å². The lowest BCUT2D eigenvalue weighted by atomic mass is 9.88. The van der Waals surface area contributed by atoms with Gasteiger partial charge in [0.15, 0.2) is 17.0 Å². The van der Waals surface area contributed by atoms with Gasteiger partial charge in [-0.3, -0.25) is 14.4 Å². The highest BCUT2D eigenvalue weighted by atomic mass is 32.1. The number of carbonyl (C=O) groups excluding carboxylic acids is 2. The number of hydrogen-bond acceptors (Lipinski definition) is 5. The van der Waals surface area contributed by atoms with Crippen molar-refractivity contribution in [1.82, 2.24) is 4.90 Å². The fourth-order valence-corrected chi connectivity index (χ4v) is 4.11. The predicted octanol–water partition coefficient (Wildman–Crippen LogP) is 3.46. The van der Waals surface area contributed by atoms with Crippen LogP contribution in [0.4, 0.5) is 17.6 Å². The highest BCUT2D eigenvalue weighted by Crippen LogP contribution is 2.42. The number of hydrogen-bond donors (Lipinski definition) is 1. The second kappa shape index (κ2) is 7.04. The van der Waals surface area contributed by atoms with Gasteiger partial charge in [0, 0.05) is 12.1 Å². The first-order valence-corrected chi connectivity index (χ1v) is 8.80. The van der Waals surface area contributed by atoms with Crippen LogP contribution < -0.4 is 4.74 Å². The Kier molecular flexibility index (Phi) is 5.04. The van der Waals surface area contributed by atoms with Gasteiger partial charge in [-0.1, -0.05) is 11.3 Å². The third-order valence-corrected chi connectivity index (χ3v) is 5.36. The maximum Gasteiger partial charge on any atom is 0.573 e. The molecule has 0 radical (unpaired) electrons. The lowest BCUT2D eigenvalue weighted by Gasteiger charge is -2.29. The summed E-state index contributed by atoms with van der Waals surface area (Å²) >= 11 is 0.460. The Morgan fingerprint density at radius 1 is 1.36 bits per heavy atom. The van der Waals surface area contributed by atoms with E-state index in [9.17, 15) is 31.9 Å². The molecule has 1 aromatic heterocycles. The summed E-state index contributed by atoms with van der Waals surface area (Å²) in [6.45, 7) is 1.45. The Morgan fingerprint density at radius 3 is 2.64 bits per heavy atom. The molecule has 1 aliphatic carbocycles. The van der Waals surface area contributed by atoms with E-state index in [1.165, 1.54) is 6.92 Å². The summed E-state index contributed by atoms with van der Waals surface area (Å²) in [6.07, 6.45) is -6.60. The first-order valence-electron chi connectivity index (χ1n) is 7.98. The molecule has 1 N–H and O–H groups in total. The second-order valence-electron chi connectivity index (χ2n) is 6.20. The monoisotopic (exact) mass is 419 g/mol. The van der Waals surface area contributed by atoms with Gasteiger partial charge in [0.25, 0.3) is 5.91 Å². The van der Waals surface area contributed by atoms with E-state index >= 15 is 0 Å². The minimum atomic E-state index is -4.91. The van der Waals surface area contributed by atoms with Crippen LogP contribution in [0.3, 0.4) is 0 Å². The van der Waals surface area contributed by atoms with Crippen molar-refractivity contribution in [2.75, 3.05) is 0 Å². The fraction of sp³-hybridized carbons (Fsp3) is 0.353. The zero-order valence-corrected chi connectivity index (χ0v) is 15.1. The molecular weight excluding hydrogens is 406 g/mol. The number of carboxylic acid groups (broad SMARTS) is 1. The average molecular weight is 419 g/mol. The molecule has 0 spiro atoms.